The third kappa shape index (κ3) is 5.17. The Hall–Kier alpha value is -1.02. The van der Waals surface area contributed by atoms with Gasteiger partial charge in [-0.1, -0.05) is 6.92 Å². The van der Waals surface area contributed by atoms with Crippen molar-refractivity contribution in [1.82, 2.24) is 0 Å². The van der Waals surface area contributed by atoms with Crippen molar-refractivity contribution in [1.29, 1.82) is 5.26 Å². The first kappa shape index (κ1) is 15.0. The van der Waals surface area contributed by atoms with E-state index in [0.717, 1.165) is 5.75 Å². The van der Waals surface area contributed by atoms with Gasteiger partial charge < -0.3 is 4.74 Å². The van der Waals surface area contributed by atoms with Crippen molar-refractivity contribution < 1.29 is 9.53 Å². The first-order valence-corrected chi connectivity index (χ1v) is 6.10. The standard InChI is InChI=1S/C11H18N2O2S/c1-6-16-8-13-11(5,7-12)9(14)15-10(2,3)4/h8H,6H2,1-5H3. The third-order valence-corrected chi connectivity index (χ3v) is 2.15. The summed E-state index contributed by atoms with van der Waals surface area (Å²) < 4.78 is 5.14. The fraction of sp³-hybridized carbons (Fsp3) is 0.727. The van der Waals surface area contributed by atoms with E-state index in [0.29, 0.717) is 0 Å². The summed E-state index contributed by atoms with van der Waals surface area (Å²) in [7, 11) is 0. The SMILES string of the molecule is CCSC=NC(C)(C#N)C(=O)OC(C)(C)C. The minimum absolute atomic E-state index is 0.609. The Morgan fingerprint density at radius 2 is 2.06 bits per heavy atom. The largest absolute Gasteiger partial charge is 0.457 e. The molecule has 90 valence electrons. The van der Waals surface area contributed by atoms with Crippen LogP contribution in [0, 0.1) is 11.3 Å². The van der Waals surface area contributed by atoms with Crippen LogP contribution in [0.5, 0.6) is 0 Å². The maximum absolute atomic E-state index is 11.7. The van der Waals surface area contributed by atoms with Gasteiger partial charge in [0.15, 0.2) is 0 Å². The fourth-order valence-corrected chi connectivity index (χ4v) is 1.16. The Morgan fingerprint density at radius 3 is 2.44 bits per heavy atom. The molecule has 0 fully saturated rings. The first-order chi connectivity index (χ1) is 7.25. The van der Waals surface area contributed by atoms with Crippen LogP contribution in [0.25, 0.3) is 0 Å². The van der Waals surface area contributed by atoms with Gasteiger partial charge in [0.25, 0.3) is 0 Å². The highest BCUT2D eigenvalue weighted by molar-refractivity contribution is 8.12. The summed E-state index contributed by atoms with van der Waals surface area (Å²) >= 11 is 1.44. The quantitative estimate of drug-likeness (QED) is 0.431. The zero-order valence-corrected chi connectivity index (χ0v) is 11.2. The predicted molar refractivity (Wildman–Crippen MR) is 66.5 cm³/mol. The van der Waals surface area contributed by atoms with Gasteiger partial charge in [-0.3, -0.25) is 4.99 Å². The van der Waals surface area contributed by atoms with Crippen LogP contribution in [0.3, 0.4) is 0 Å². The molecule has 0 saturated heterocycles. The third-order valence-electron chi connectivity index (χ3n) is 1.57. The summed E-state index contributed by atoms with van der Waals surface area (Å²) in [6.45, 7) is 8.69. The lowest BCUT2D eigenvalue weighted by molar-refractivity contribution is -0.158. The minimum Gasteiger partial charge on any atom is -0.457 e. The summed E-state index contributed by atoms with van der Waals surface area (Å²) in [5, 5.41) is 8.98. The molecule has 0 aromatic carbocycles. The average Bonchev–Trinajstić information content (AvgIpc) is 2.15. The van der Waals surface area contributed by atoms with Crippen molar-refractivity contribution in [3.05, 3.63) is 0 Å². The number of rotatable bonds is 4. The van der Waals surface area contributed by atoms with Crippen LogP contribution >= 0.6 is 11.8 Å². The lowest BCUT2D eigenvalue weighted by Gasteiger charge is -2.24. The van der Waals surface area contributed by atoms with Crippen molar-refractivity contribution in [3.8, 4) is 6.07 Å². The number of esters is 1. The van der Waals surface area contributed by atoms with Gasteiger partial charge in [-0.2, -0.15) is 5.26 Å². The lowest BCUT2D eigenvalue weighted by atomic mass is 10.1. The highest BCUT2D eigenvalue weighted by Crippen LogP contribution is 2.17. The normalized spacial score (nSPS) is 15.5. The van der Waals surface area contributed by atoms with Gasteiger partial charge in [-0.05, 0) is 33.4 Å². The van der Waals surface area contributed by atoms with Gasteiger partial charge in [-0.25, -0.2) is 4.79 Å². The molecule has 0 N–H and O–H groups in total. The summed E-state index contributed by atoms with van der Waals surface area (Å²) in [5.41, 5.74) is -0.537. The molecule has 0 aromatic rings. The molecule has 0 saturated carbocycles. The molecular weight excluding hydrogens is 224 g/mol. The van der Waals surface area contributed by atoms with E-state index in [1.54, 1.807) is 20.8 Å². The second-order valence-electron chi connectivity index (χ2n) is 4.38. The van der Waals surface area contributed by atoms with Gasteiger partial charge in [0, 0.05) is 0 Å². The highest BCUT2D eigenvalue weighted by Gasteiger charge is 2.36. The van der Waals surface area contributed by atoms with Crippen molar-refractivity contribution in [3.63, 3.8) is 0 Å². The molecule has 1 atom stereocenters. The van der Waals surface area contributed by atoms with E-state index in [2.05, 4.69) is 4.99 Å². The molecule has 16 heavy (non-hydrogen) atoms. The molecule has 0 radical (unpaired) electrons. The summed E-state index contributed by atoms with van der Waals surface area (Å²) in [5.74, 6) is 0.231. The summed E-state index contributed by atoms with van der Waals surface area (Å²) in [6.07, 6.45) is 0. The number of carbonyl (C=O) groups excluding carboxylic acids is 1. The van der Waals surface area contributed by atoms with Crippen LogP contribution in [0.15, 0.2) is 4.99 Å². The molecule has 4 nitrogen and oxygen atoms in total. The molecule has 1 unspecified atom stereocenters. The molecule has 0 aliphatic heterocycles. The molecule has 0 rings (SSSR count). The number of carbonyl (C=O) groups is 1. The lowest BCUT2D eigenvalue weighted by Crippen LogP contribution is -2.38. The number of nitriles is 1. The first-order valence-electron chi connectivity index (χ1n) is 5.05. The number of ether oxygens (including phenoxy) is 1. The Kier molecular flexibility index (Phi) is 5.52. The van der Waals surface area contributed by atoms with Crippen molar-refractivity contribution >= 4 is 23.3 Å². The number of hydrogen-bond donors (Lipinski definition) is 0. The molecule has 0 bridgehead atoms. The maximum Gasteiger partial charge on any atom is 0.349 e. The van der Waals surface area contributed by atoms with Crippen molar-refractivity contribution in [2.45, 2.75) is 45.8 Å². The second-order valence-corrected chi connectivity index (χ2v) is 5.50. The van der Waals surface area contributed by atoms with Crippen LogP contribution in [0.1, 0.15) is 34.6 Å². The molecule has 0 amide bonds. The topological polar surface area (TPSA) is 62.5 Å². The number of hydrogen-bond acceptors (Lipinski definition) is 5. The molecule has 0 aliphatic carbocycles. The molecular formula is C11H18N2O2S. The van der Waals surface area contributed by atoms with Gasteiger partial charge in [0.05, 0.1) is 5.55 Å². The van der Waals surface area contributed by atoms with Gasteiger partial charge in [-0.15, -0.1) is 11.8 Å². The zero-order chi connectivity index (χ0) is 12.8. The molecule has 5 heteroatoms. The number of thioether (sulfide) groups is 1. The molecule has 0 aromatic heterocycles. The number of aliphatic imine (C=N–C) groups is 1. The summed E-state index contributed by atoms with van der Waals surface area (Å²) in [4.78, 5) is 15.7. The van der Waals surface area contributed by atoms with Crippen LogP contribution in [0.4, 0.5) is 0 Å². The van der Waals surface area contributed by atoms with E-state index < -0.39 is 17.1 Å². The van der Waals surface area contributed by atoms with Gasteiger partial charge >= 0.3 is 5.97 Å². The Bertz CT molecular complexity index is 315. The second kappa shape index (κ2) is 5.90. The smallest absolute Gasteiger partial charge is 0.349 e. The van der Waals surface area contributed by atoms with E-state index in [1.807, 2.05) is 13.0 Å². The van der Waals surface area contributed by atoms with Gasteiger partial charge in [0.2, 0.25) is 5.54 Å². The van der Waals surface area contributed by atoms with Crippen LogP contribution in [0.2, 0.25) is 0 Å². The Labute approximate surface area is 101 Å². The van der Waals surface area contributed by atoms with Crippen molar-refractivity contribution in [2.24, 2.45) is 4.99 Å². The van der Waals surface area contributed by atoms with Crippen LogP contribution in [-0.4, -0.2) is 28.4 Å². The van der Waals surface area contributed by atoms with Gasteiger partial charge in [0.1, 0.15) is 11.7 Å². The van der Waals surface area contributed by atoms with E-state index >= 15 is 0 Å². The monoisotopic (exact) mass is 242 g/mol. The Balaban J connectivity index is 4.71. The van der Waals surface area contributed by atoms with E-state index in [4.69, 9.17) is 10.00 Å². The van der Waals surface area contributed by atoms with Crippen LogP contribution in [-0.2, 0) is 9.53 Å². The molecule has 0 aliphatic rings. The fourth-order valence-electron chi connectivity index (χ4n) is 0.722. The Morgan fingerprint density at radius 1 is 1.50 bits per heavy atom. The molecule has 0 heterocycles. The minimum atomic E-state index is -1.45. The highest BCUT2D eigenvalue weighted by atomic mass is 32.2. The predicted octanol–water partition coefficient (Wildman–Crippen LogP) is 2.39. The maximum atomic E-state index is 11.7. The molecule has 0 spiro atoms. The van der Waals surface area contributed by atoms with E-state index in [9.17, 15) is 4.79 Å². The summed E-state index contributed by atoms with van der Waals surface area (Å²) in [6, 6.07) is 1.87. The van der Waals surface area contributed by atoms with Crippen molar-refractivity contribution in [2.75, 3.05) is 5.75 Å². The number of nitrogens with zero attached hydrogens (tertiary/aromatic N) is 2. The van der Waals surface area contributed by atoms with Crippen LogP contribution < -0.4 is 0 Å². The average molecular weight is 242 g/mol. The van der Waals surface area contributed by atoms with E-state index in [1.165, 1.54) is 24.2 Å². The zero-order valence-electron chi connectivity index (χ0n) is 10.4. The van der Waals surface area contributed by atoms with E-state index in [-0.39, 0.29) is 0 Å².